The predicted octanol–water partition coefficient (Wildman–Crippen LogP) is 1.52. The monoisotopic (exact) mass is 295 g/mol. The smallest absolute Gasteiger partial charge is 0.250 e. The van der Waals surface area contributed by atoms with Gasteiger partial charge >= 0.3 is 0 Å². The van der Waals surface area contributed by atoms with Gasteiger partial charge in [0.2, 0.25) is 10.0 Å². The van der Waals surface area contributed by atoms with Crippen molar-refractivity contribution in [1.29, 1.82) is 0 Å². The molecule has 1 heterocycles. The number of hydrogen-bond donors (Lipinski definition) is 2. The van der Waals surface area contributed by atoms with Crippen molar-refractivity contribution in [2.75, 3.05) is 18.6 Å². The molecule has 17 heavy (non-hydrogen) atoms. The molecule has 1 aromatic heterocycles. The van der Waals surface area contributed by atoms with Crippen molar-refractivity contribution < 1.29 is 13.5 Å². The minimum Gasteiger partial charge on any atom is -0.392 e. The van der Waals surface area contributed by atoms with Gasteiger partial charge in [0.15, 0.2) is 0 Å². The molecule has 1 unspecified atom stereocenters. The van der Waals surface area contributed by atoms with Gasteiger partial charge < -0.3 is 5.11 Å². The zero-order chi connectivity index (χ0) is 12.9. The number of aliphatic hydroxyl groups excluding tert-OH is 1. The van der Waals surface area contributed by atoms with Crippen molar-refractivity contribution in [2.24, 2.45) is 5.92 Å². The maximum atomic E-state index is 11.9. The average molecular weight is 295 g/mol. The third-order valence-electron chi connectivity index (χ3n) is 2.15. The lowest BCUT2D eigenvalue weighted by molar-refractivity contribution is 0.282. The number of rotatable bonds is 7. The van der Waals surface area contributed by atoms with Crippen molar-refractivity contribution in [1.82, 2.24) is 4.72 Å². The SMILES string of the molecule is CSCC(C)CNS(=O)(=O)c1cc(CO)cs1. The molecule has 1 aromatic rings. The van der Waals surface area contributed by atoms with Crippen molar-refractivity contribution in [2.45, 2.75) is 17.7 Å². The lowest BCUT2D eigenvalue weighted by atomic mass is 10.2. The fourth-order valence-electron chi connectivity index (χ4n) is 1.24. The summed E-state index contributed by atoms with van der Waals surface area (Å²) in [7, 11) is -3.41. The molecule has 1 rings (SSSR count). The normalized spacial score (nSPS) is 13.8. The standard InChI is InChI=1S/C10H17NO3S3/c1-8(6-15-2)4-11-17(13,14)10-3-9(5-12)7-16-10/h3,7-8,11-12H,4-6H2,1-2H3. The first-order valence-electron chi connectivity index (χ1n) is 5.16. The number of hydrogen-bond acceptors (Lipinski definition) is 5. The fourth-order valence-corrected chi connectivity index (χ4v) is 4.34. The van der Waals surface area contributed by atoms with E-state index in [2.05, 4.69) is 4.72 Å². The number of sulfonamides is 1. The lowest BCUT2D eigenvalue weighted by Crippen LogP contribution is -2.28. The molecule has 4 nitrogen and oxygen atoms in total. The van der Waals surface area contributed by atoms with Gasteiger partial charge in [-0.2, -0.15) is 11.8 Å². The van der Waals surface area contributed by atoms with Gasteiger partial charge in [-0.3, -0.25) is 0 Å². The summed E-state index contributed by atoms with van der Waals surface area (Å²) < 4.78 is 26.6. The second-order valence-corrected chi connectivity index (χ2v) is 7.66. The quantitative estimate of drug-likeness (QED) is 0.800. The maximum Gasteiger partial charge on any atom is 0.250 e. The third kappa shape index (κ3) is 4.59. The Hall–Kier alpha value is -0.0800. The molecule has 1 atom stereocenters. The molecular weight excluding hydrogens is 278 g/mol. The topological polar surface area (TPSA) is 66.4 Å². The van der Waals surface area contributed by atoms with Crippen molar-refractivity contribution in [3.8, 4) is 0 Å². The summed E-state index contributed by atoms with van der Waals surface area (Å²) in [4.78, 5) is 0. The Morgan fingerprint density at radius 1 is 1.59 bits per heavy atom. The zero-order valence-corrected chi connectivity index (χ0v) is 12.3. The van der Waals surface area contributed by atoms with E-state index in [1.807, 2.05) is 13.2 Å². The van der Waals surface area contributed by atoms with Crippen LogP contribution in [0, 0.1) is 5.92 Å². The van der Waals surface area contributed by atoms with Gasteiger partial charge in [-0.05, 0) is 34.9 Å². The first kappa shape index (κ1) is 15.0. The molecular formula is C10H17NO3S3. The van der Waals surface area contributed by atoms with Gasteiger partial charge in [0.25, 0.3) is 0 Å². The molecule has 0 aliphatic rings. The van der Waals surface area contributed by atoms with Crippen molar-refractivity contribution in [3.05, 3.63) is 17.0 Å². The maximum absolute atomic E-state index is 11.9. The first-order valence-corrected chi connectivity index (χ1v) is 8.92. The second kappa shape index (κ2) is 6.75. The number of thioether (sulfide) groups is 1. The zero-order valence-electron chi connectivity index (χ0n) is 9.84. The van der Waals surface area contributed by atoms with Crippen LogP contribution in [0.5, 0.6) is 0 Å². The molecule has 0 aliphatic carbocycles. The third-order valence-corrected chi connectivity index (χ3v) is 5.96. The van der Waals surface area contributed by atoms with Crippen molar-refractivity contribution >= 4 is 33.1 Å². The van der Waals surface area contributed by atoms with Gasteiger partial charge in [-0.1, -0.05) is 6.92 Å². The number of thiophene rings is 1. The van der Waals surface area contributed by atoms with E-state index in [1.165, 1.54) is 6.07 Å². The van der Waals surface area contributed by atoms with Crippen LogP contribution in [0.1, 0.15) is 12.5 Å². The van der Waals surface area contributed by atoms with Crippen LogP contribution in [0.2, 0.25) is 0 Å². The van der Waals surface area contributed by atoms with E-state index in [0.717, 1.165) is 17.1 Å². The summed E-state index contributed by atoms with van der Waals surface area (Å²) in [5.74, 6) is 1.23. The molecule has 7 heteroatoms. The average Bonchev–Trinajstić information content (AvgIpc) is 2.76. The Bertz CT molecular complexity index is 441. The Labute approximate surface area is 110 Å². The van der Waals surface area contributed by atoms with E-state index in [1.54, 1.807) is 17.1 Å². The second-order valence-electron chi connectivity index (χ2n) is 3.84. The fraction of sp³-hybridized carbons (Fsp3) is 0.600. The molecule has 0 amide bonds. The van der Waals surface area contributed by atoms with E-state index in [0.29, 0.717) is 18.0 Å². The summed E-state index contributed by atoms with van der Waals surface area (Å²) in [5, 5.41) is 10.5. The molecule has 0 saturated carbocycles. The van der Waals surface area contributed by atoms with Crippen LogP contribution >= 0.6 is 23.1 Å². The number of nitrogens with one attached hydrogen (secondary N) is 1. The summed E-state index contributed by atoms with van der Waals surface area (Å²) in [6.07, 6.45) is 2.00. The highest BCUT2D eigenvalue weighted by molar-refractivity contribution is 7.98. The van der Waals surface area contributed by atoms with E-state index in [9.17, 15) is 8.42 Å². The Kier molecular flexibility index (Phi) is 5.94. The van der Waals surface area contributed by atoms with Crippen LogP contribution in [-0.2, 0) is 16.6 Å². The molecule has 0 spiro atoms. The Morgan fingerprint density at radius 3 is 2.82 bits per heavy atom. The Balaban J connectivity index is 2.62. The molecule has 0 aliphatic heterocycles. The minimum atomic E-state index is -3.41. The van der Waals surface area contributed by atoms with E-state index in [4.69, 9.17) is 5.11 Å². The van der Waals surface area contributed by atoms with Crippen LogP contribution in [0.25, 0.3) is 0 Å². The number of aliphatic hydroxyl groups is 1. The van der Waals surface area contributed by atoms with E-state index in [-0.39, 0.29) is 10.8 Å². The lowest BCUT2D eigenvalue weighted by Gasteiger charge is -2.10. The minimum absolute atomic E-state index is 0.130. The van der Waals surface area contributed by atoms with Crippen LogP contribution < -0.4 is 4.72 Å². The van der Waals surface area contributed by atoms with Crippen LogP contribution in [-0.4, -0.2) is 32.1 Å². The van der Waals surface area contributed by atoms with Gasteiger partial charge in [0, 0.05) is 6.54 Å². The van der Waals surface area contributed by atoms with Crippen LogP contribution in [0.15, 0.2) is 15.7 Å². The van der Waals surface area contributed by atoms with Gasteiger partial charge in [0.1, 0.15) is 4.21 Å². The van der Waals surface area contributed by atoms with Gasteiger partial charge in [-0.25, -0.2) is 13.1 Å². The molecule has 0 saturated heterocycles. The molecule has 98 valence electrons. The highest BCUT2D eigenvalue weighted by Gasteiger charge is 2.17. The van der Waals surface area contributed by atoms with Gasteiger partial charge in [0.05, 0.1) is 6.61 Å². The first-order chi connectivity index (χ1) is 7.99. The van der Waals surface area contributed by atoms with E-state index < -0.39 is 10.0 Å². The Morgan fingerprint density at radius 2 is 2.29 bits per heavy atom. The largest absolute Gasteiger partial charge is 0.392 e. The molecule has 0 bridgehead atoms. The summed E-state index contributed by atoms with van der Waals surface area (Å²) >= 11 is 2.83. The molecule has 0 aromatic carbocycles. The van der Waals surface area contributed by atoms with Crippen LogP contribution in [0.3, 0.4) is 0 Å². The van der Waals surface area contributed by atoms with Crippen LogP contribution in [0.4, 0.5) is 0 Å². The molecule has 0 radical (unpaired) electrons. The summed E-state index contributed by atoms with van der Waals surface area (Å²) in [5.41, 5.74) is 0.632. The van der Waals surface area contributed by atoms with E-state index >= 15 is 0 Å². The highest BCUT2D eigenvalue weighted by atomic mass is 32.2. The molecule has 0 fully saturated rings. The highest BCUT2D eigenvalue weighted by Crippen LogP contribution is 2.20. The summed E-state index contributed by atoms with van der Waals surface area (Å²) in [6, 6.07) is 1.51. The van der Waals surface area contributed by atoms with Gasteiger partial charge in [-0.15, -0.1) is 11.3 Å². The predicted molar refractivity (Wildman–Crippen MR) is 73.0 cm³/mol. The van der Waals surface area contributed by atoms with Crippen molar-refractivity contribution in [3.63, 3.8) is 0 Å². The molecule has 2 N–H and O–H groups in total. The summed E-state index contributed by atoms with van der Waals surface area (Å²) in [6.45, 7) is 2.32.